The van der Waals surface area contributed by atoms with Crippen LogP contribution in [0.4, 0.5) is 0 Å². The van der Waals surface area contributed by atoms with E-state index in [-0.39, 0.29) is 0 Å². The first-order valence-corrected chi connectivity index (χ1v) is 56.4. The van der Waals surface area contributed by atoms with Crippen LogP contribution < -0.4 is 0 Å². The van der Waals surface area contributed by atoms with Gasteiger partial charge in [-0.1, -0.05) is 270 Å². The summed E-state index contributed by atoms with van der Waals surface area (Å²) >= 11 is 0. The van der Waals surface area contributed by atoms with Crippen molar-refractivity contribution in [3.63, 3.8) is 0 Å². The molecule has 0 heteroatoms. The minimum absolute atomic E-state index is 0.858. The van der Waals surface area contributed by atoms with Gasteiger partial charge in [-0.15, -0.1) is 0 Å². The average Bonchev–Trinajstić information content (AvgIpc) is 1.15. The minimum atomic E-state index is 0.858. The molecule has 28 rings (SSSR count). The van der Waals surface area contributed by atoms with Gasteiger partial charge in [0.15, 0.2) is 0 Å². The Morgan fingerprint density at radius 3 is 0.561 bits per heavy atom. The van der Waals surface area contributed by atoms with Crippen LogP contribution in [0.25, 0.3) is 0 Å². The second-order valence-electron chi connectivity index (χ2n) is 50.4. The molecule has 0 radical (unpaired) electrons. The number of hydrogen-bond acceptors (Lipinski definition) is 0. The predicted molar refractivity (Wildman–Crippen MR) is 486 cm³/mol. The molecule has 0 aromatic heterocycles. The van der Waals surface area contributed by atoms with Crippen molar-refractivity contribution in [2.75, 3.05) is 0 Å². The van der Waals surface area contributed by atoms with E-state index in [9.17, 15) is 0 Å². The highest BCUT2D eigenvalue weighted by Crippen LogP contribution is 2.65. The summed E-state index contributed by atoms with van der Waals surface area (Å²) in [6, 6.07) is 0. The van der Waals surface area contributed by atoms with Crippen LogP contribution in [0.5, 0.6) is 0 Å². The molecule has 28 aliphatic rings. The zero-order valence-corrected chi connectivity index (χ0v) is 76.1. The second-order valence-corrected chi connectivity index (χ2v) is 50.4. The molecule has 28 saturated carbocycles. The fourth-order valence-electron chi connectivity index (χ4n) is 39.0. The van der Waals surface area contributed by atoms with Crippen LogP contribution in [0.2, 0.25) is 0 Å². The fraction of sp³-hybridized carbons (Fsp3) is 1.00. The molecule has 0 aliphatic heterocycles. The van der Waals surface area contributed by atoms with Crippen LogP contribution in [-0.4, -0.2) is 0 Å². The lowest BCUT2D eigenvalue weighted by Crippen LogP contribution is -2.49. The largest absolute Gasteiger partial charge is 0.0533 e. The number of hydrogen-bond donors (Lipinski definition) is 0. The van der Waals surface area contributed by atoms with Gasteiger partial charge >= 0.3 is 0 Å². The van der Waals surface area contributed by atoms with Crippen molar-refractivity contribution in [3.05, 3.63) is 0 Å². The summed E-state index contributed by atoms with van der Waals surface area (Å²) in [6.45, 7) is 0. The topological polar surface area (TPSA) is 0 Å². The summed E-state index contributed by atoms with van der Waals surface area (Å²) in [5, 5.41) is 0. The Hall–Kier alpha value is 0. The van der Waals surface area contributed by atoms with Crippen LogP contribution in [-0.2, 0) is 0 Å². The van der Waals surface area contributed by atoms with E-state index >= 15 is 0 Å². The van der Waals surface area contributed by atoms with Gasteiger partial charge in [0.1, 0.15) is 0 Å². The molecule has 26 unspecified atom stereocenters. The Bertz CT molecular complexity index is 2690. The van der Waals surface area contributed by atoms with Crippen LogP contribution in [0.1, 0.15) is 520 Å². The molecule has 2 bridgehead atoms. The fourth-order valence-corrected chi connectivity index (χ4v) is 39.0. The maximum Gasteiger partial charge on any atom is -0.0297 e. The van der Waals surface area contributed by atoms with E-state index in [4.69, 9.17) is 0 Å². The summed E-state index contributed by atoms with van der Waals surface area (Å²) in [7, 11) is 0. The van der Waals surface area contributed by atoms with Crippen molar-refractivity contribution in [3.8, 4) is 0 Å². The first-order chi connectivity index (χ1) is 56.4. The third-order valence-electron chi connectivity index (χ3n) is 45.2. The Morgan fingerprint density at radius 1 is 0.105 bits per heavy atom. The molecule has 0 heterocycles. The van der Waals surface area contributed by atoms with Crippen molar-refractivity contribution in [1.29, 1.82) is 0 Å². The zero-order valence-electron chi connectivity index (χ0n) is 76.1. The molecule has 0 nitrogen and oxygen atoms in total. The van der Waals surface area contributed by atoms with Gasteiger partial charge in [-0.3, -0.25) is 0 Å². The van der Waals surface area contributed by atoms with Gasteiger partial charge in [0, 0.05) is 0 Å². The van der Waals surface area contributed by atoms with Crippen LogP contribution in [0.15, 0.2) is 0 Å². The third-order valence-corrected chi connectivity index (χ3v) is 45.2. The van der Waals surface area contributed by atoms with E-state index in [1.165, 1.54) is 220 Å². The molecule has 0 saturated heterocycles. The molecule has 0 N–H and O–H groups in total. The lowest BCUT2D eigenvalue weighted by molar-refractivity contribution is -0.0786. The SMILES string of the molecule is C1C2CC1C2.C1CC2CCCC2C2CC2C1.C1CC2CCCC3CCC(C1)C23.C1CCC2(CC1)CC2.C1CCC2(CC1)CCCC2.C1CCC2(CC1)CCCCC2.C1CCC2C(C1)CCC1C2CCC2C3CCCCC3CCC21.C1CCC2C(C1)CCC1C3CCCC3CCC21.C1CCC2C(C1)CCC1C3CCCCC3CCC21. The smallest absolute Gasteiger partial charge is 0.0297 e. The molecule has 3 spiro atoms. The Labute approximate surface area is 709 Å². The van der Waals surface area contributed by atoms with Crippen molar-refractivity contribution in [2.45, 2.75) is 520 Å². The maximum absolute atomic E-state index is 1.64. The minimum Gasteiger partial charge on any atom is -0.0533 e. The number of fused-ring (bicyclic) bond motifs is 20. The highest BCUT2D eigenvalue weighted by Gasteiger charge is 2.55. The molecule has 648 valence electrons. The van der Waals surface area contributed by atoms with Crippen LogP contribution in [0.3, 0.4) is 0 Å². The third kappa shape index (κ3) is 19.7. The van der Waals surface area contributed by atoms with E-state index in [0.717, 1.165) is 63.6 Å². The maximum atomic E-state index is 1.64. The molecule has 26 atom stereocenters. The van der Waals surface area contributed by atoms with Crippen molar-refractivity contribution in [2.24, 2.45) is 194 Å². The van der Waals surface area contributed by atoms with E-state index in [1.54, 1.807) is 430 Å². The van der Waals surface area contributed by atoms with Gasteiger partial charge in [0.05, 0.1) is 0 Å². The van der Waals surface area contributed by atoms with E-state index in [1.807, 2.05) is 0 Å². The molecule has 114 heavy (non-hydrogen) atoms. The van der Waals surface area contributed by atoms with Gasteiger partial charge in [-0.05, 0) is 444 Å². The quantitative estimate of drug-likeness (QED) is 0.227. The Kier molecular flexibility index (Phi) is 29.1. The van der Waals surface area contributed by atoms with Gasteiger partial charge in [-0.2, -0.15) is 0 Å². The molecule has 28 aliphatic carbocycles. The summed E-state index contributed by atoms with van der Waals surface area (Å²) < 4.78 is 0. The molecule has 0 aromatic rings. The van der Waals surface area contributed by atoms with Gasteiger partial charge in [-0.25, -0.2) is 0 Å². The molecule has 0 amide bonds. The highest BCUT2D eigenvalue weighted by atomic mass is 14.6. The van der Waals surface area contributed by atoms with Gasteiger partial charge in [0.25, 0.3) is 0 Å². The first-order valence-electron chi connectivity index (χ1n) is 56.4. The summed E-state index contributed by atoms with van der Waals surface area (Å²) in [6.07, 6.45) is 127. The summed E-state index contributed by atoms with van der Waals surface area (Å²) in [4.78, 5) is 0. The van der Waals surface area contributed by atoms with Crippen LogP contribution in [0, 0.1) is 194 Å². The van der Waals surface area contributed by atoms with Crippen molar-refractivity contribution >= 4 is 0 Å². The van der Waals surface area contributed by atoms with Crippen LogP contribution >= 0.6 is 0 Å². The van der Waals surface area contributed by atoms with E-state index in [2.05, 4.69) is 0 Å². The van der Waals surface area contributed by atoms with E-state index in [0.29, 0.717) is 0 Å². The predicted octanol–water partition coefficient (Wildman–Crippen LogP) is 35.3. The normalized spacial score (nSPS) is 48.0. The zero-order chi connectivity index (χ0) is 76.1. The molecule has 28 fully saturated rings. The molecular formula is C114H192. The monoisotopic (exact) mass is 1560 g/mol. The molecular weight excluding hydrogens is 1370 g/mol. The van der Waals surface area contributed by atoms with Gasteiger partial charge < -0.3 is 0 Å². The summed E-state index contributed by atoms with van der Waals surface area (Å²) in [5.41, 5.74) is 2.66. The first kappa shape index (κ1) is 83.5. The van der Waals surface area contributed by atoms with Gasteiger partial charge in [0.2, 0.25) is 0 Å². The lowest BCUT2D eigenvalue weighted by Gasteiger charge is -2.57. The second kappa shape index (κ2) is 39.7. The van der Waals surface area contributed by atoms with E-state index < -0.39 is 0 Å². The van der Waals surface area contributed by atoms with Crippen molar-refractivity contribution in [1.82, 2.24) is 0 Å². The Morgan fingerprint density at radius 2 is 0.281 bits per heavy atom. The average molecular weight is 1560 g/mol. The summed E-state index contributed by atoms with van der Waals surface area (Å²) in [5.74, 6) is 35.2. The van der Waals surface area contributed by atoms with Crippen molar-refractivity contribution < 1.29 is 0 Å². The Balaban J connectivity index is 0.0000000880. The highest BCUT2D eigenvalue weighted by molar-refractivity contribution is 5.05. The molecule has 0 aromatic carbocycles. The standard InChI is InChI=1S/C22H36.C18H30.C17H28.C12H20.C11H18.C11H20.C10H18.C8H14.C5H8/c1-3-7-17-15(5-1)9-11-21-19(17)13-14-20-18-8-4-2-6-16(18)10-12-22(20)21;1-3-7-15-13(5-1)9-11-18-16-8-4-2-6-14(16)10-12-17(15)18;1-2-6-14-12(4-1)8-10-17-15-7-3-5-13(15)9-11-16(14)17;1-3-9-4-2-6-11-8-7-10(5-1)12(9)11;1-3-8-4-2-6-10(8)11-7-9(11)5-1;1-3-7-11(8-4-1)9-5-2-6-10-11;1-2-6-10(7-3-1)8-4-5-9-10;1-2-4-8(5-3-1)6-7-8;1-4-2-5(1)3-4/h15-22H,1-14H2;13-18H,1-12H2;12-17H,1-11H2;9-12H,1-8H2;8-11H,1-7H2;1-10H2;1-9H2;1-7H2;4-5H,1-3H2. The lowest BCUT2D eigenvalue weighted by atomic mass is 9.48. The number of rotatable bonds is 0.